The van der Waals surface area contributed by atoms with E-state index in [4.69, 9.17) is 4.74 Å². The summed E-state index contributed by atoms with van der Waals surface area (Å²) >= 11 is 1.53. The number of aromatic nitrogens is 3. The van der Waals surface area contributed by atoms with Gasteiger partial charge in [-0.1, -0.05) is 36.4 Å². The third kappa shape index (κ3) is 4.57. The van der Waals surface area contributed by atoms with Gasteiger partial charge in [0.25, 0.3) is 0 Å². The van der Waals surface area contributed by atoms with Crippen LogP contribution >= 0.6 is 11.3 Å². The fourth-order valence-electron chi connectivity index (χ4n) is 2.57. The zero-order valence-electron chi connectivity index (χ0n) is 14.8. The molecule has 4 aromatic rings. The first kappa shape index (κ1) is 17.8. The summed E-state index contributed by atoms with van der Waals surface area (Å²) in [7, 11) is 0. The summed E-state index contributed by atoms with van der Waals surface area (Å²) in [5, 5.41) is 5.69. The van der Waals surface area contributed by atoms with E-state index in [1.807, 2.05) is 35.7 Å². The molecule has 1 amide bonds. The van der Waals surface area contributed by atoms with Crippen LogP contribution in [0.3, 0.4) is 0 Å². The van der Waals surface area contributed by atoms with Gasteiger partial charge in [-0.05, 0) is 12.1 Å². The number of anilines is 1. The van der Waals surface area contributed by atoms with E-state index < -0.39 is 0 Å². The van der Waals surface area contributed by atoms with Crippen LogP contribution in [0.15, 0.2) is 78.6 Å². The average Bonchev–Trinajstić information content (AvgIpc) is 3.18. The highest BCUT2D eigenvalue weighted by Gasteiger charge is 2.10. The van der Waals surface area contributed by atoms with Crippen LogP contribution in [-0.2, 0) is 11.2 Å². The highest BCUT2D eigenvalue weighted by molar-refractivity contribution is 7.13. The van der Waals surface area contributed by atoms with Crippen molar-refractivity contribution in [2.45, 2.75) is 6.42 Å². The second-order valence-electron chi connectivity index (χ2n) is 5.91. The lowest BCUT2D eigenvalue weighted by Crippen LogP contribution is -2.14. The highest BCUT2D eigenvalue weighted by atomic mass is 32.1. The number of amides is 1. The van der Waals surface area contributed by atoms with Crippen molar-refractivity contribution in [2.75, 3.05) is 5.32 Å². The van der Waals surface area contributed by atoms with Crippen molar-refractivity contribution in [1.82, 2.24) is 15.0 Å². The van der Waals surface area contributed by atoms with Crippen LogP contribution in [0.4, 0.5) is 5.69 Å². The number of carbonyl (C=O) groups excluding carboxylic acids is 1. The SMILES string of the molecule is O=C(Cc1csc(-c2ccccc2)n1)Nc1cccc(Oc2cnccn2)c1. The van der Waals surface area contributed by atoms with Gasteiger partial charge in [-0.15, -0.1) is 11.3 Å². The van der Waals surface area contributed by atoms with Crippen molar-refractivity contribution < 1.29 is 9.53 Å². The molecule has 2 heterocycles. The normalized spacial score (nSPS) is 10.4. The maximum atomic E-state index is 12.4. The number of carbonyl (C=O) groups is 1. The van der Waals surface area contributed by atoms with Crippen molar-refractivity contribution in [3.8, 4) is 22.2 Å². The second kappa shape index (κ2) is 8.41. The van der Waals surface area contributed by atoms with Crippen molar-refractivity contribution in [3.63, 3.8) is 0 Å². The van der Waals surface area contributed by atoms with E-state index >= 15 is 0 Å². The maximum Gasteiger partial charge on any atom is 0.237 e. The minimum Gasteiger partial charge on any atom is -0.437 e. The molecule has 0 aliphatic rings. The number of hydrogen-bond donors (Lipinski definition) is 1. The predicted octanol–water partition coefficient (Wildman–Crippen LogP) is 4.57. The first-order chi connectivity index (χ1) is 13.8. The molecule has 0 aliphatic heterocycles. The molecule has 0 fully saturated rings. The number of nitrogens with one attached hydrogen (secondary N) is 1. The maximum absolute atomic E-state index is 12.4. The van der Waals surface area contributed by atoms with Crippen LogP contribution < -0.4 is 10.1 Å². The van der Waals surface area contributed by atoms with Gasteiger partial charge in [-0.25, -0.2) is 9.97 Å². The molecule has 6 nitrogen and oxygen atoms in total. The van der Waals surface area contributed by atoms with E-state index in [0.717, 1.165) is 16.3 Å². The van der Waals surface area contributed by atoms with Gasteiger partial charge in [0.1, 0.15) is 10.8 Å². The molecule has 138 valence electrons. The zero-order valence-corrected chi connectivity index (χ0v) is 15.6. The average molecular weight is 388 g/mol. The van der Waals surface area contributed by atoms with E-state index in [2.05, 4.69) is 20.3 Å². The van der Waals surface area contributed by atoms with Gasteiger partial charge in [-0.2, -0.15) is 0 Å². The van der Waals surface area contributed by atoms with E-state index in [0.29, 0.717) is 17.3 Å². The van der Waals surface area contributed by atoms with Crippen LogP contribution in [-0.4, -0.2) is 20.9 Å². The Labute approximate surface area is 165 Å². The van der Waals surface area contributed by atoms with Crippen LogP contribution in [0.5, 0.6) is 11.6 Å². The molecular formula is C21H16N4O2S. The van der Waals surface area contributed by atoms with Crippen LogP contribution in [0.1, 0.15) is 5.69 Å². The van der Waals surface area contributed by atoms with Crippen molar-refractivity contribution >= 4 is 22.9 Å². The van der Waals surface area contributed by atoms with Gasteiger partial charge >= 0.3 is 0 Å². The summed E-state index contributed by atoms with van der Waals surface area (Å²) in [6, 6.07) is 17.1. The Kier molecular flexibility index (Phi) is 5.35. The van der Waals surface area contributed by atoms with Gasteiger partial charge in [0.2, 0.25) is 11.8 Å². The Morgan fingerprint density at radius 1 is 1.07 bits per heavy atom. The van der Waals surface area contributed by atoms with Gasteiger partial charge in [0.05, 0.1) is 18.3 Å². The Morgan fingerprint density at radius 2 is 1.96 bits per heavy atom. The summed E-state index contributed by atoms with van der Waals surface area (Å²) in [5.74, 6) is 0.821. The molecule has 0 radical (unpaired) electrons. The summed E-state index contributed by atoms with van der Waals surface area (Å²) in [6.45, 7) is 0. The summed E-state index contributed by atoms with van der Waals surface area (Å²) in [4.78, 5) is 25.0. The van der Waals surface area contributed by atoms with E-state index in [1.54, 1.807) is 36.7 Å². The van der Waals surface area contributed by atoms with Gasteiger partial charge < -0.3 is 10.1 Å². The van der Waals surface area contributed by atoms with Crippen molar-refractivity contribution in [2.24, 2.45) is 0 Å². The number of thiazole rings is 1. The van der Waals surface area contributed by atoms with Gasteiger partial charge in [0.15, 0.2) is 0 Å². The lowest BCUT2D eigenvalue weighted by Gasteiger charge is -2.07. The summed E-state index contributed by atoms with van der Waals surface area (Å²) < 4.78 is 5.64. The van der Waals surface area contributed by atoms with Crippen LogP contribution in [0, 0.1) is 0 Å². The lowest BCUT2D eigenvalue weighted by molar-refractivity contribution is -0.115. The van der Waals surface area contributed by atoms with Gasteiger partial charge in [-0.3, -0.25) is 9.78 Å². The largest absolute Gasteiger partial charge is 0.437 e. The predicted molar refractivity (Wildman–Crippen MR) is 108 cm³/mol. The molecule has 7 heteroatoms. The standard InChI is InChI=1S/C21H16N4O2S/c26-19(12-17-14-28-21(25-17)15-5-2-1-3-6-15)24-16-7-4-8-18(11-16)27-20-13-22-9-10-23-20/h1-11,13-14H,12H2,(H,24,26). The fraction of sp³-hybridized carbons (Fsp3) is 0.0476. The molecule has 0 saturated heterocycles. The second-order valence-corrected chi connectivity index (χ2v) is 6.77. The Morgan fingerprint density at radius 3 is 2.79 bits per heavy atom. The van der Waals surface area contributed by atoms with Crippen LogP contribution in [0.2, 0.25) is 0 Å². The molecule has 2 aromatic heterocycles. The minimum atomic E-state index is -0.137. The first-order valence-electron chi connectivity index (χ1n) is 8.60. The minimum absolute atomic E-state index is 0.137. The monoisotopic (exact) mass is 388 g/mol. The van der Waals surface area contributed by atoms with Crippen LogP contribution in [0.25, 0.3) is 10.6 Å². The van der Waals surface area contributed by atoms with Crippen molar-refractivity contribution in [1.29, 1.82) is 0 Å². The molecule has 0 aliphatic carbocycles. The molecule has 0 atom stereocenters. The van der Waals surface area contributed by atoms with E-state index in [-0.39, 0.29) is 12.3 Å². The van der Waals surface area contributed by atoms with Gasteiger partial charge in [0, 0.05) is 35.1 Å². The number of nitrogens with zero attached hydrogens (tertiary/aromatic N) is 3. The number of ether oxygens (including phenoxy) is 1. The quantitative estimate of drug-likeness (QED) is 0.523. The Hall–Kier alpha value is -3.58. The summed E-state index contributed by atoms with van der Waals surface area (Å²) in [6.07, 6.45) is 4.86. The molecule has 28 heavy (non-hydrogen) atoms. The Bertz CT molecular complexity index is 1070. The van der Waals surface area contributed by atoms with Crippen molar-refractivity contribution in [3.05, 3.63) is 84.3 Å². The third-order valence-corrected chi connectivity index (χ3v) is 4.73. The molecule has 4 rings (SSSR count). The molecular weight excluding hydrogens is 372 g/mol. The fourth-order valence-corrected chi connectivity index (χ4v) is 3.39. The number of hydrogen-bond acceptors (Lipinski definition) is 6. The number of rotatable bonds is 6. The lowest BCUT2D eigenvalue weighted by atomic mass is 10.2. The summed E-state index contributed by atoms with van der Waals surface area (Å²) in [5.41, 5.74) is 2.44. The number of benzene rings is 2. The smallest absolute Gasteiger partial charge is 0.237 e. The zero-order chi connectivity index (χ0) is 19.2. The molecule has 2 aromatic carbocycles. The Balaban J connectivity index is 1.39. The molecule has 0 saturated carbocycles. The molecule has 0 unspecified atom stereocenters. The third-order valence-electron chi connectivity index (χ3n) is 3.79. The molecule has 0 bridgehead atoms. The first-order valence-corrected chi connectivity index (χ1v) is 9.48. The highest BCUT2D eigenvalue weighted by Crippen LogP contribution is 2.24. The van der Waals surface area contributed by atoms with E-state index in [1.165, 1.54) is 17.5 Å². The van der Waals surface area contributed by atoms with E-state index in [9.17, 15) is 4.79 Å². The molecule has 0 spiro atoms. The topological polar surface area (TPSA) is 77.0 Å². The molecule has 1 N–H and O–H groups in total.